The van der Waals surface area contributed by atoms with Crippen LogP contribution in [0.15, 0.2) is 42.5 Å². The predicted octanol–water partition coefficient (Wildman–Crippen LogP) is 5.78. The van der Waals surface area contributed by atoms with Crippen LogP contribution in [0.5, 0.6) is 5.75 Å². The van der Waals surface area contributed by atoms with Crippen molar-refractivity contribution >= 4 is 35.1 Å². The monoisotopic (exact) mass is 638 g/mol. The zero-order valence-corrected chi connectivity index (χ0v) is 25.6. The normalized spacial score (nSPS) is 19.2. The Kier molecular flexibility index (Phi) is 11.0. The third kappa shape index (κ3) is 7.95. The van der Waals surface area contributed by atoms with Crippen LogP contribution in [0.4, 0.5) is 23.7 Å². The van der Waals surface area contributed by atoms with Gasteiger partial charge in [-0.15, -0.1) is 0 Å². The van der Waals surface area contributed by atoms with Gasteiger partial charge in [0.05, 0.1) is 29.3 Å². The Labute approximate surface area is 260 Å². The van der Waals surface area contributed by atoms with E-state index >= 15 is 0 Å². The number of amides is 4. The van der Waals surface area contributed by atoms with E-state index in [4.69, 9.17) is 26.8 Å². The number of carbonyl (C=O) groups excluding carboxylic acids is 3. The largest absolute Gasteiger partial charge is 0.484 e. The zero-order chi connectivity index (χ0) is 32.0. The first-order valence-corrected chi connectivity index (χ1v) is 15.0. The van der Waals surface area contributed by atoms with Crippen LogP contribution >= 0.6 is 11.6 Å². The first kappa shape index (κ1) is 33.4. The topological polar surface area (TPSA) is 105 Å². The molecular formula is C31H38ClF3N4O5. The summed E-state index contributed by atoms with van der Waals surface area (Å²) in [5.74, 6) is -0.919. The van der Waals surface area contributed by atoms with Crippen LogP contribution in [-0.4, -0.2) is 78.8 Å². The number of ether oxygens (including phenoxy) is 2. The molecule has 1 fully saturated rings. The van der Waals surface area contributed by atoms with Gasteiger partial charge in [-0.05, 0) is 49.6 Å². The third-order valence-electron chi connectivity index (χ3n) is 8.30. The third-order valence-corrected chi connectivity index (χ3v) is 8.62. The number of primary amides is 1. The summed E-state index contributed by atoms with van der Waals surface area (Å²) in [6, 6.07) is 8.49. The minimum atomic E-state index is -4.55. The molecule has 4 rings (SSSR count). The van der Waals surface area contributed by atoms with Crippen LogP contribution in [0.2, 0.25) is 5.02 Å². The van der Waals surface area contributed by atoms with Gasteiger partial charge in [-0.1, -0.05) is 49.1 Å². The number of carbonyl (C=O) groups is 3. The summed E-state index contributed by atoms with van der Waals surface area (Å²) in [5, 5.41) is -0.121. The molecule has 0 bridgehead atoms. The molecule has 2 aliphatic rings. The molecule has 1 aliphatic heterocycles. The molecule has 1 saturated carbocycles. The van der Waals surface area contributed by atoms with Crippen molar-refractivity contribution in [3.8, 4) is 5.75 Å². The van der Waals surface area contributed by atoms with E-state index in [0.717, 1.165) is 38.2 Å². The Bertz CT molecular complexity index is 1340. The number of methoxy groups -OCH3 is 1. The number of anilines is 1. The SMILES string of the molecule is COCCN(C(=O)C[C@@H]1C(C)N(C(N)=O)Cc2ccccc2N1C(=O)c1ccc(OCC(F)(F)F)cc1Cl)C1CCCCC1. The van der Waals surface area contributed by atoms with E-state index in [-0.39, 0.29) is 41.3 Å². The molecule has 44 heavy (non-hydrogen) atoms. The van der Waals surface area contributed by atoms with Crippen LogP contribution in [0.3, 0.4) is 0 Å². The number of para-hydroxylation sites is 1. The zero-order valence-electron chi connectivity index (χ0n) is 24.8. The van der Waals surface area contributed by atoms with Crippen molar-refractivity contribution < 1.29 is 37.0 Å². The summed E-state index contributed by atoms with van der Waals surface area (Å²) in [7, 11) is 1.57. The van der Waals surface area contributed by atoms with Gasteiger partial charge in [0, 0.05) is 38.3 Å². The Balaban J connectivity index is 1.74. The Morgan fingerprint density at radius 2 is 1.80 bits per heavy atom. The van der Waals surface area contributed by atoms with Crippen molar-refractivity contribution in [3.63, 3.8) is 0 Å². The lowest BCUT2D eigenvalue weighted by Crippen LogP contribution is -2.56. The molecule has 1 heterocycles. The molecule has 9 nitrogen and oxygen atoms in total. The van der Waals surface area contributed by atoms with Gasteiger partial charge in [0.1, 0.15) is 5.75 Å². The first-order valence-electron chi connectivity index (χ1n) is 14.7. The molecule has 0 saturated heterocycles. The fourth-order valence-corrected chi connectivity index (χ4v) is 6.30. The fraction of sp³-hybridized carbons (Fsp3) is 0.516. The van der Waals surface area contributed by atoms with E-state index in [9.17, 15) is 27.6 Å². The van der Waals surface area contributed by atoms with Gasteiger partial charge in [-0.3, -0.25) is 9.59 Å². The minimum Gasteiger partial charge on any atom is -0.484 e. The number of fused-ring (bicyclic) bond motifs is 1. The molecular weight excluding hydrogens is 601 g/mol. The van der Waals surface area contributed by atoms with Gasteiger partial charge in [0.15, 0.2) is 6.61 Å². The second-order valence-electron chi connectivity index (χ2n) is 11.2. The van der Waals surface area contributed by atoms with Crippen LogP contribution in [0.1, 0.15) is 61.4 Å². The number of benzene rings is 2. The second kappa shape index (κ2) is 14.5. The van der Waals surface area contributed by atoms with Crippen molar-refractivity contribution in [3.05, 3.63) is 58.6 Å². The van der Waals surface area contributed by atoms with Crippen molar-refractivity contribution in [1.82, 2.24) is 9.80 Å². The molecule has 4 amide bonds. The number of hydrogen-bond acceptors (Lipinski definition) is 5. The molecule has 13 heteroatoms. The number of urea groups is 1. The summed E-state index contributed by atoms with van der Waals surface area (Å²) in [4.78, 5) is 45.8. The summed E-state index contributed by atoms with van der Waals surface area (Å²) in [6.07, 6.45) is 0.199. The molecule has 1 unspecified atom stereocenters. The number of halogens is 4. The first-order chi connectivity index (χ1) is 20.9. The highest BCUT2D eigenvalue weighted by atomic mass is 35.5. The van der Waals surface area contributed by atoms with Crippen molar-refractivity contribution in [1.29, 1.82) is 0 Å². The van der Waals surface area contributed by atoms with E-state index in [1.54, 1.807) is 38.3 Å². The van der Waals surface area contributed by atoms with E-state index in [2.05, 4.69) is 0 Å². The number of rotatable bonds is 9. The average Bonchev–Trinajstić information content (AvgIpc) is 3.10. The quantitative estimate of drug-likeness (QED) is 0.375. The van der Waals surface area contributed by atoms with E-state index in [1.165, 1.54) is 21.9 Å². The molecule has 2 atom stereocenters. The number of nitrogens with zero attached hydrogens (tertiary/aromatic N) is 3. The van der Waals surface area contributed by atoms with Crippen LogP contribution in [0, 0.1) is 0 Å². The van der Waals surface area contributed by atoms with Crippen molar-refractivity contribution in [2.75, 3.05) is 31.8 Å². The summed E-state index contributed by atoms with van der Waals surface area (Å²) < 4.78 is 48.2. The average molecular weight is 639 g/mol. The van der Waals surface area contributed by atoms with Crippen LogP contribution < -0.4 is 15.4 Å². The minimum absolute atomic E-state index is 0.00141. The highest BCUT2D eigenvalue weighted by Gasteiger charge is 2.41. The summed E-state index contributed by atoms with van der Waals surface area (Å²) in [5.41, 5.74) is 6.91. The number of nitrogens with two attached hydrogens (primary N) is 1. The van der Waals surface area contributed by atoms with Crippen LogP contribution in [0.25, 0.3) is 0 Å². The Morgan fingerprint density at radius 1 is 1.09 bits per heavy atom. The molecule has 0 spiro atoms. The lowest BCUT2D eigenvalue weighted by atomic mass is 9.93. The summed E-state index contributed by atoms with van der Waals surface area (Å²) in [6.45, 7) is 1.07. The molecule has 240 valence electrons. The van der Waals surface area contributed by atoms with E-state index in [1.807, 2.05) is 4.90 Å². The lowest BCUT2D eigenvalue weighted by Gasteiger charge is -2.40. The Hall–Kier alpha value is -3.51. The number of alkyl halides is 3. The van der Waals surface area contributed by atoms with Crippen molar-refractivity contribution in [2.45, 2.75) is 76.3 Å². The number of hydrogen-bond donors (Lipinski definition) is 1. The van der Waals surface area contributed by atoms with Gasteiger partial charge in [-0.2, -0.15) is 13.2 Å². The maximum atomic E-state index is 14.4. The lowest BCUT2D eigenvalue weighted by molar-refractivity contribution is -0.153. The van der Waals surface area contributed by atoms with Crippen LogP contribution in [-0.2, 0) is 16.1 Å². The molecule has 2 aromatic rings. The smallest absolute Gasteiger partial charge is 0.422 e. The molecule has 2 N–H and O–H groups in total. The van der Waals surface area contributed by atoms with Gasteiger partial charge >= 0.3 is 12.2 Å². The van der Waals surface area contributed by atoms with E-state index in [0.29, 0.717) is 24.4 Å². The van der Waals surface area contributed by atoms with Gasteiger partial charge < -0.3 is 29.9 Å². The molecule has 0 radical (unpaired) electrons. The fourth-order valence-electron chi connectivity index (χ4n) is 6.05. The highest BCUT2D eigenvalue weighted by molar-refractivity contribution is 6.34. The van der Waals surface area contributed by atoms with Gasteiger partial charge in [0.25, 0.3) is 5.91 Å². The summed E-state index contributed by atoms with van der Waals surface area (Å²) >= 11 is 6.46. The molecule has 1 aliphatic carbocycles. The van der Waals surface area contributed by atoms with Crippen molar-refractivity contribution in [2.24, 2.45) is 5.73 Å². The van der Waals surface area contributed by atoms with Gasteiger partial charge in [0.2, 0.25) is 5.91 Å². The van der Waals surface area contributed by atoms with Gasteiger partial charge in [-0.25, -0.2) is 4.79 Å². The van der Waals surface area contributed by atoms with E-state index < -0.39 is 36.8 Å². The molecule has 0 aromatic heterocycles. The standard InChI is InChI=1S/C31H38ClF3N4O5/c1-20-27(17-28(40)37(14-15-43-2)22-9-4-3-5-10-22)39(26-11-7-6-8-21(26)18-38(20)30(36)42)29(41)24-13-12-23(16-25(24)32)44-19-31(33,34)35/h6-8,11-13,16,20,22,27H,3-5,9-10,14-15,17-19H2,1-2H3,(H2,36,42)/t20?,27-/m1/s1. The predicted molar refractivity (Wildman–Crippen MR) is 160 cm³/mol. The molecule has 2 aromatic carbocycles. The Morgan fingerprint density at radius 3 is 2.43 bits per heavy atom. The second-order valence-corrected chi connectivity index (χ2v) is 11.6. The maximum absolute atomic E-state index is 14.4. The highest BCUT2D eigenvalue weighted by Crippen LogP contribution is 2.36. The maximum Gasteiger partial charge on any atom is 0.422 e.